The second kappa shape index (κ2) is 7.13. The lowest BCUT2D eigenvalue weighted by atomic mass is 10.2. The summed E-state index contributed by atoms with van der Waals surface area (Å²) in [6.45, 7) is 3.21. The predicted molar refractivity (Wildman–Crippen MR) is 72.5 cm³/mol. The van der Waals surface area contributed by atoms with E-state index in [2.05, 4.69) is 15.4 Å². The Morgan fingerprint density at radius 1 is 1.30 bits per heavy atom. The molecule has 0 saturated carbocycles. The molecule has 108 valence electrons. The van der Waals surface area contributed by atoms with Crippen LogP contribution in [0.15, 0.2) is 18.2 Å². The Kier molecular flexibility index (Phi) is 5.52. The van der Waals surface area contributed by atoms with E-state index >= 15 is 0 Å². The van der Waals surface area contributed by atoms with Gasteiger partial charge in [0.15, 0.2) is 0 Å². The van der Waals surface area contributed by atoms with Gasteiger partial charge in [-0.15, -0.1) is 0 Å². The standard InChI is InChI=1S/C13H16N2O5/c1-3-20-13(19)12(18)15-10-6-9(4-5-11(10)17)14-7-8(2)16/h4-6,14,17H,3,7H2,1-2H3,(H,15,18). The molecule has 0 spiro atoms. The average molecular weight is 280 g/mol. The number of nitrogens with one attached hydrogen (secondary N) is 2. The van der Waals surface area contributed by atoms with Gasteiger partial charge in [-0.05, 0) is 32.0 Å². The molecule has 1 amide bonds. The van der Waals surface area contributed by atoms with Crippen molar-refractivity contribution in [1.29, 1.82) is 0 Å². The number of phenols is 1. The third kappa shape index (κ3) is 4.60. The molecule has 0 aliphatic heterocycles. The topological polar surface area (TPSA) is 105 Å². The molecule has 0 unspecified atom stereocenters. The largest absolute Gasteiger partial charge is 0.506 e. The highest BCUT2D eigenvalue weighted by Crippen LogP contribution is 2.26. The lowest BCUT2D eigenvalue weighted by Crippen LogP contribution is -2.25. The highest BCUT2D eigenvalue weighted by atomic mass is 16.5. The van der Waals surface area contributed by atoms with E-state index in [4.69, 9.17) is 0 Å². The van der Waals surface area contributed by atoms with Crippen molar-refractivity contribution in [2.75, 3.05) is 23.8 Å². The number of aromatic hydroxyl groups is 1. The molecule has 0 bridgehead atoms. The van der Waals surface area contributed by atoms with Crippen molar-refractivity contribution in [3.8, 4) is 5.75 Å². The Morgan fingerprint density at radius 3 is 2.60 bits per heavy atom. The van der Waals surface area contributed by atoms with Gasteiger partial charge >= 0.3 is 11.9 Å². The van der Waals surface area contributed by atoms with Crippen LogP contribution in [0, 0.1) is 0 Å². The first-order chi connectivity index (χ1) is 9.43. The van der Waals surface area contributed by atoms with Crippen LogP contribution < -0.4 is 10.6 Å². The number of amides is 1. The zero-order valence-corrected chi connectivity index (χ0v) is 11.2. The molecule has 1 rings (SSSR count). The average Bonchev–Trinajstić information content (AvgIpc) is 2.39. The van der Waals surface area contributed by atoms with Gasteiger partial charge in [-0.25, -0.2) is 4.79 Å². The van der Waals surface area contributed by atoms with E-state index in [1.54, 1.807) is 6.92 Å². The number of carbonyl (C=O) groups is 3. The van der Waals surface area contributed by atoms with Crippen molar-refractivity contribution >= 4 is 29.0 Å². The second-order valence-corrected chi connectivity index (χ2v) is 3.96. The van der Waals surface area contributed by atoms with E-state index in [1.165, 1.54) is 25.1 Å². The summed E-state index contributed by atoms with van der Waals surface area (Å²) in [6, 6.07) is 4.29. The first kappa shape index (κ1) is 15.5. The van der Waals surface area contributed by atoms with E-state index < -0.39 is 11.9 Å². The molecule has 1 aromatic carbocycles. The summed E-state index contributed by atoms with van der Waals surface area (Å²) >= 11 is 0. The molecule has 1 aromatic rings. The van der Waals surface area contributed by atoms with E-state index in [0.717, 1.165) is 0 Å². The maximum absolute atomic E-state index is 11.5. The lowest BCUT2D eigenvalue weighted by molar-refractivity contribution is -0.152. The van der Waals surface area contributed by atoms with Crippen molar-refractivity contribution in [3.05, 3.63) is 18.2 Å². The Morgan fingerprint density at radius 2 is 2.00 bits per heavy atom. The predicted octanol–water partition coefficient (Wildman–Crippen LogP) is 0.895. The van der Waals surface area contributed by atoms with Crippen LogP contribution in [0.5, 0.6) is 5.75 Å². The number of rotatable bonds is 5. The molecule has 0 saturated heterocycles. The SMILES string of the molecule is CCOC(=O)C(=O)Nc1cc(NCC(C)=O)ccc1O. The van der Waals surface area contributed by atoms with Crippen molar-refractivity contribution < 1.29 is 24.2 Å². The van der Waals surface area contributed by atoms with Crippen LogP contribution in [0.1, 0.15) is 13.8 Å². The summed E-state index contributed by atoms with van der Waals surface area (Å²) in [7, 11) is 0. The highest BCUT2D eigenvalue weighted by molar-refractivity contribution is 6.37. The Balaban J connectivity index is 2.78. The molecule has 0 aliphatic carbocycles. The molecular weight excluding hydrogens is 264 g/mol. The number of esters is 1. The molecule has 3 N–H and O–H groups in total. The fourth-order valence-electron chi connectivity index (χ4n) is 1.34. The number of ether oxygens (including phenoxy) is 1. The summed E-state index contributed by atoms with van der Waals surface area (Å²) in [4.78, 5) is 33.5. The third-order valence-corrected chi connectivity index (χ3v) is 2.25. The zero-order valence-electron chi connectivity index (χ0n) is 11.2. The van der Waals surface area contributed by atoms with Crippen LogP contribution in [-0.4, -0.2) is 35.9 Å². The Labute approximate surface area is 115 Å². The van der Waals surface area contributed by atoms with Crippen LogP contribution in [-0.2, 0) is 19.1 Å². The van der Waals surface area contributed by atoms with Gasteiger partial charge in [0.05, 0.1) is 18.8 Å². The van der Waals surface area contributed by atoms with Crippen molar-refractivity contribution in [2.45, 2.75) is 13.8 Å². The van der Waals surface area contributed by atoms with Gasteiger partial charge < -0.3 is 20.5 Å². The number of Topliss-reactive ketones (excluding diaryl/α,β-unsaturated/α-hetero) is 1. The Hall–Kier alpha value is -2.57. The van der Waals surface area contributed by atoms with E-state index in [0.29, 0.717) is 5.69 Å². The number of anilines is 2. The maximum Gasteiger partial charge on any atom is 0.397 e. The lowest BCUT2D eigenvalue weighted by Gasteiger charge is -2.10. The van der Waals surface area contributed by atoms with Crippen LogP contribution >= 0.6 is 0 Å². The minimum atomic E-state index is -1.03. The number of hydrogen-bond acceptors (Lipinski definition) is 6. The number of hydrogen-bond donors (Lipinski definition) is 3. The monoisotopic (exact) mass is 280 g/mol. The van der Waals surface area contributed by atoms with E-state index in [1.807, 2.05) is 0 Å². The minimum Gasteiger partial charge on any atom is -0.506 e. The minimum absolute atomic E-state index is 0.0524. The normalized spacial score (nSPS) is 9.70. The van der Waals surface area contributed by atoms with E-state index in [9.17, 15) is 19.5 Å². The van der Waals surface area contributed by atoms with Crippen molar-refractivity contribution in [3.63, 3.8) is 0 Å². The maximum atomic E-state index is 11.5. The van der Waals surface area contributed by atoms with Crippen LogP contribution in [0.4, 0.5) is 11.4 Å². The second-order valence-electron chi connectivity index (χ2n) is 3.96. The van der Waals surface area contributed by atoms with Gasteiger partial charge in [0.1, 0.15) is 11.5 Å². The van der Waals surface area contributed by atoms with Gasteiger partial charge in [0, 0.05) is 5.69 Å². The molecule has 0 aliphatic rings. The summed E-state index contributed by atoms with van der Waals surface area (Å²) < 4.78 is 4.53. The summed E-state index contributed by atoms with van der Waals surface area (Å²) in [6.07, 6.45) is 0. The third-order valence-electron chi connectivity index (χ3n) is 2.25. The van der Waals surface area contributed by atoms with Crippen LogP contribution in [0.2, 0.25) is 0 Å². The van der Waals surface area contributed by atoms with Crippen LogP contribution in [0.25, 0.3) is 0 Å². The van der Waals surface area contributed by atoms with Gasteiger partial charge in [0.25, 0.3) is 0 Å². The summed E-state index contributed by atoms with van der Waals surface area (Å²) in [5.74, 6) is -2.27. The fraction of sp³-hybridized carbons (Fsp3) is 0.308. The first-order valence-electron chi connectivity index (χ1n) is 5.98. The highest BCUT2D eigenvalue weighted by Gasteiger charge is 2.16. The summed E-state index contributed by atoms with van der Waals surface area (Å²) in [5.41, 5.74) is 0.578. The smallest absolute Gasteiger partial charge is 0.397 e. The molecule has 0 heterocycles. The molecule has 0 radical (unpaired) electrons. The molecule has 0 atom stereocenters. The molecular formula is C13H16N2O5. The summed E-state index contributed by atoms with van der Waals surface area (Å²) in [5, 5.41) is 14.7. The molecule has 0 fully saturated rings. The zero-order chi connectivity index (χ0) is 15.1. The molecule has 0 aromatic heterocycles. The van der Waals surface area contributed by atoms with Gasteiger partial charge in [-0.1, -0.05) is 0 Å². The first-order valence-corrected chi connectivity index (χ1v) is 5.98. The Bertz CT molecular complexity index is 527. The number of ketones is 1. The van der Waals surface area contributed by atoms with Crippen LogP contribution in [0.3, 0.4) is 0 Å². The number of phenolic OH excluding ortho intramolecular Hbond substituents is 1. The molecule has 7 heteroatoms. The molecule has 7 nitrogen and oxygen atoms in total. The van der Waals surface area contributed by atoms with Crippen molar-refractivity contribution in [1.82, 2.24) is 0 Å². The molecule has 20 heavy (non-hydrogen) atoms. The van der Waals surface area contributed by atoms with Crippen molar-refractivity contribution in [2.24, 2.45) is 0 Å². The van der Waals surface area contributed by atoms with Gasteiger partial charge in [-0.2, -0.15) is 0 Å². The fourth-order valence-corrected chi connectivity index (χ4v) is 1.34. The van der Waals surface area contributed by atoms with Gasteiger partial charge in [-0.3, -0.25) is 9.59 Å². The van der Waals surface area contributed by atoms with Gasteiger partial charge in [0.2, 0.25) is 0 Å². The number of benzene rings is 1. The number of carbonyl (C=O) groups excluding carboxylic acids is 3. The van der Waals surface area contributed by atoms with E-state index in [-0.39, 0.29) is 30.4 Å². The quantitative estimate of drug-likeness (QED) is 0.320.